The van der Waals surface area contributed by atoms with Gasteiger partial charge in [-0.05, 0) is 37.0 Å². The Labute approximate surface area is 169 Å². The Hall–Kier alpha value is -1.07. The Morgan fingerprint density at radius 3 is 2.65 bits per heavy atom. The predicted octanol–water partition coefficient (Wildman–Crippen LogP) is 4.81. The van der Waals surface area contributed by atoms with Crippen molar-refractivity contribution in [2.24, 2.45) is 0 Å². The first-order valence-electron chi connectivity index (χ1n) is 9.48. The fraction of sp³-hybridized carbons (Fsp3) is 0.600. The second kappa shape index (κ2) is 10.9. The third-order valence-corrected chi connectivity index (χ3v) is 5.59. The summed E-state index contributed by atoms with van der Waals surface area (Å²) < 4.78 is 0.888. The SMILES string of the molecule is CCCCN(C(=O)CCl)[C@@H](C(=O)NC1CCCCC1)c1cccc(Br)c1. The van der Waals surface area contributed by atoms with E-state index in [1.807, 2.05) is 24.3 Å². The number of amides is 2. The van der Waals surface area contributed by atoms with Crippen molar-refractivity contribution in [3.05, 3.63) is 34.3 Å². The maximum absolute atomic E-state index is 13.2. The number of nitrogens with one attached hydrogen (secondary N) is 1. The molecule has 1 saturated carbocycles. The number of benzene rings is 1. The van der Waals surface area contributed by atoms with Gasteiger partial charge in [-0.15, -0.1) is 11.6 Å². The molecule has 1 aliphatic carbocycles. The first-order chi connectivity index (χ1) is 12.6. The summed E-state index contributed by atoms with van der Waals surface area (Å²) in [5, 5.41) is 3.18. The van der Waals surface area contributed by atoms with Crippen LogP contribution in [-0.2, 0) is 9.59 Å². The minimum absolute atomic E-state index is 0.107. The molecule has 0 heterocycles. The summed E-state index contributed by atoms with van der Waals surface area (Å²) in [5.41, 5.74) is 0.808. The molecule has 0 aliphatic heterocycles. The molecule has 0 unspecified atom stereocenters. The molecule has 4 nitrogen and oxygen atoms in total. The van der Waals surface area contributed by atoms with E-state index >= 15 is 0 Å². The van der Waals surface area contributed by atoms with Gasteiger partial charge in [-0.25, -0.2) is 0 Å². The molecule has 1 aromatic rings. The highest BCUT2D eigenvalue weighted by Gasteiger charge is 2.32. The highest BCUT2D eigenvalue weighted by molar-refractivity contribution is 9.10. The summed E-state index contributed by atoms with van der Waals surface area (Å²) in [7, 11) is 0. The third kappa shape index (κ3) is 5.98. The molecule has 1 atom stereocenters. The summed E-state index contributed by atoms with van der Waals surface area (Å²) in [6, 6.07) is 7.17. The van der Waals surface area contributed by atoms with E-state index in [4.69, 9.17) is 11.6 Å². The van der Waals surface area contributed by atoms with E-state index in [0.29, 0.717) is 6.54 Å². The van der Waals surface area contributed by atoms with E-state index < -0.39 is 6.04 Å². The predicted molar refractivity (Wildman–Crippen MR) is 109 cm³/mol. The topological polar surface area (TPSA) is 49.4 Å². The van der Waals surface area contributed by atoms with Gasteiger partial charge in [0.05, 0.1) is 0 Å². The molecule has 26 heavy (non-hydrogen) atoms. The molecular formula is C20H28BrClN2O2. The lowest BCUT2D eigenvalue weighted by Gasteiger charge is -2.33. The summed E-state index contributed by atoms with van der Waals surface area (Å²) in [5.74, 6) is -0.432. The van der Waals surface area contributed by atoms with Crippen LogP contribution >= 0.6 is 27.5 Å². The molecule has 2 amide bonds. The molecule has 0 saturated heterocycles. The highest BCUT2D eigenvalue weighted by atomic mass is 79.9. The average molecular weight is 444 g/mol. The number of unbranched alkanes of at least 4 members (excludes halogenated alkanes) is 1. The maximum Gasteiger partial charge on any atom is 0.247 e. The molecule has 0 bridgehead atoms. The molecule has 1 N–H and O–H groups in total. The third-order valence-electron chi connectivity index (χ3n) is 4.86. The van der Waals surface area contributed by atoms with E-state index in [1.54, 1.807) is 4.90 Å². The van der Waals surface area contributed by atoms with Crippen molar-refractivity contribution < 1.29 is 9.59 Å². The maximum atomic E-state index is 13.2. The lowest BCUT2D eigenvalue weighted by molar-refractivity contribution is -0.139. The van der Waals surface area contributed by atoms with Crippen LogP contribution in [0.1, 0.15) is 63.5 Å². The first kappa shape index (κ1) is 21.2. The van der Waals surface area contributed by atoms with Gasteiger partial charge in [-0.1, -0.05) is 60.7 Å². The van der Waals surface area contributed by atoms with Crippen LogP contribution in [0.25, 0.3) is 0 Å². The largest absolute Gasteiger partial charge is 0.351 e. The van der Waals surface area contributed by atoms with Crippen molar-refractivity contribution >= 4 is 39.3 Å². The van der Waals surface area contributed by atoms with Gasteiger partial charge in [0.2, 0.25) is 11.8 Å². The zero-order valence-corrected chi connectivity index (χ0v) is 17.7. The standard InChI is InChI=1S/C20H28BrClN2O2/c1-2-3-12-24(18(25)14-22)19(15-8-7-9-16(21)13-15)20(26)23-17-10-5-4-6-11-17/h7-9,13,17,19H,2-6,10-12,14H2,1H3,(H,23,26)/t19-/m1/s1. The van der Waals surface area contributed by atoms with E-state index in [9.17, 15) is 9.59 Å². The van der Waals surface area contributed by atoms with Crippen molar-refractivity contribution in [1.82, 2.24) is 10.2 Å². The fourth-order valence-electron chi connectivity index (χ4n) is 3.48. The van der Waals surface area contributed by atoms with Gasteiger partial charge < -0.3 is 10.2 Å². The molecule has 0 spiro atoms. The Balaban J connectivity index is 2.29. The smallest absolute Gasteiger partial charge is 0.247 e. The van der Waals surface area contributed by atoms with Crippen LogP contribution in [0.3, 0.4) is 0 Å². The monoisotopic (exact) mass is 442 g/mol. The van der Waals surface area contributed by atoms with Crippen LogP contribution in [0, 0.1) is 0 Å². The van der Waals surface area contributed by atoms with Crippen molar-refractivity contribution in [2.45, 2.75) is 64.0 Å². The number of nitrogens with zero attached hydrogens (tertiary/aromatic N) is 1. The molecule has 1 aromatic carbocycles. The van der Waals surface area contributed by atoms with Crippen molar-refractivity contribution in [3.63, 3.8) is 0 Å². The number of carbonyl (C=O) groups excluding carboxylic acids is 2. The van der Waals surface area contributed by atoms with Crippen molar-refractivity contribution in [2.75, 3.05) is 12.4 Å². The Morgan fingerprint density at radius 2 is 2.04 bits per heavy atom. The van der Waals surface area contributed by atoms with Gasteiger partial charge in [0, 0.05) is 17.1 Å². The summed E-state index contributed by atoms with van der Waals surface area (Å²) in [6.45, 7) is 2.59. The lowest BCUT2D eigenvalue weighted by Crippen LogP contribution is -2.47. The number of halogens is 2. The Bertz CT molecular complexity index is 605. The van der Waals surface area contributed by atoms with Gasteiger partial charge >= 0.3 is 0 Å². The average Bonchev–Trinajstić information content (AvgIpc) is 2.65. The summed E-state index contributed by atoms with van der Waals surface area (Å²) in [4.78, 5) is 27.3. The number of hydrogen-bond acceptors (Lipinski definition) is 2. The minimum Gasteiger partial charge on any atom is -0.351 e. The second-order valence-corrected chi connectivity index (χ2v) is 8.06. The van der Waals surface area contributed by atoms with Gasteiger partial charge in [-0.2, -0.15) is 0 Å². The van der Waals surface area contributed by atoms with Crippen LogP contribution in [-0.4, -0.2) is 35.2 Å². The molecule has 2 rings (SSSR count). The van der Waals surface area contributed by atoms with Crippen molar-refractivity contribution in [1.29, 1.82) is 0 Å². The summed E-state index contributed by atoms with van der Waals surface area (Å²) in [6.07, 6.45) is 7.32. The number of carbonyl (C=O) groups is 2. The lowest BCUT2D eigenvalue weighted by atomic mass is 9.94. The van der Waals surface area contributed by atoms with Gasteiger partial charge in [0.25, 0.3) is 0 Å². The van der Waals surface area contributed by atoms with Gasteiger partial charge in [0.15, 0.2) is 0 Å². The molecular weight excluding hydrogens is 416 g/mol. The van der Waals surface area contributed by atoms with Crippen LogP contribution < -0.4 is 5.32 Å². The first-order valence-corrected chi connectivity index (χ1v) is 10.8. The summed E-state index contributed by atoms with van der Waals surface area (Å²) >= 11 is 9.33. The highest BCUT2D eigenvalue weighted by Crippen LogP contribution is 2.26. The fourth-order valence-corrected chi connectivity index (χ4v) is 4.05. The molecule has 6 heteroatoms. The molecule has 1 fully saturated rings. The van der Waals surface area contributed by atoms with Crippen LogP contribution in [0.4, 0.5) is 0 Å². The molecule has 0 radical (unpaired) electrons. The van der Waals surface area contributed by atoms with E-state index in [2.05, 4.69) is 28.2 Å². The Kier molecular flexibility index (Phi) is 8.93. The molecule has 144 valence electrons. The zero-order valence-electron chi connectivity index (χ0n) is 15.3. The van der Waals surface area contributed by atoms with Crippen molar-refractivity contribution in [3.8, 4) is 0 Å². The number of alkyl halides is 1. The normalized spacial score (nSPS) is 16.1. The van der Waals surface area contributed by atoms with Gasteiger partial charge in [0.1, 0.15) is 11.9 Å². The van der Waals surface area contributed by atoms with Crippen LogP contribution in [0.15, 0.2) is 28.7 Å². The van der Waals surface area contributed by atoms with Crippen LogP contribution in [0.5, 0.6) is 0 Å². The minimum atomic E-state index is -0.646. The number of rotatable bonds is 8. The van der Waals surface area contributed by atoms with E-state index in [0.717, 1.165) is 48.6 Å². The van der Waals surface area contributed by atoms with Gasteiger partial charge in [-0.3, -0.25) is 9.59 Å². The second-order valence-electron chi connectivity index (χ2n) is 6.88. The molecule has 0 aromatic heterocycles. The van der Waals surface area contributed by atoms with Crippen LogP contribution in [0.2, 0.25) is 0 Å². The quantitative estimate of drug-likeness (QED) is 0.586. The van der Waals surface area contributed by atoms with E-state index in [-0.39, 0.29) is 23.7 Å². The zero-order chi connectivity index (χ0) is 18.9. The Morgan fingerprint density at radius 1 is 1.31 bits per heavy atom. The van der Waals surface area contributed by atoms with E-state index in [1.165, 1.54) is 6.42 Å². The molecule has 1 aliphatic rings. The number of hydrogen-bond donors (Lipinski definition) is 1.